The van der Waals surface area contributed by atoms with Gasteiger partial charge in [0.1, 0.15) is 10.4 Å². The molecule has 0 bridgehead atoms. The maximum absolute atomic E-state index is 13.0. The third kappa shape index (κ3) is 5.26. The number of methoxy groups -OCH3 is 1. The van der Waals surface area contributed by atoms with E-state index in [4.69, 9.17) is 4.74 Å². The lowest BCUT2D eigenvalue weighted by Crippen LogP contribution is -2.23. The second kappa shape index (κ2) is 10.5. The number of benzene rings is 1. The quantitative estimate of drug-likeness (QED) is 0.281. The zero-order valence-electron chi connectivity index (χ0n) is 17.8. The number of thioether (sulfide) groups is 1. The number of rotatable bonds is 10. The van der Waals surface area contributed by atoms with Gasteiger partial charge in [0.05, 0.1) is 12.9 Å². The van der Waals surface area contributed by atoms with Gasteiger partial charge in [-0.3, -0.25) is 14.2 Å². The Bertz CT molecular complexity index is 1120. The van der Waals surface area contributed by atoms with Crippen LogP contribution >= 0.6 is 23.1 Å². The number of amides is 1. The van der Waals surface area contributed by atoms with Gasteiger partial charge in [-0.15, -0.1) is 6.58 Å². The van der Waals surface area contributed by atoms with Crippen LogP contribution in [-0.4, -0.2) is 46.4 Å². The Morgan fingerprint density at radius 3 is 2.61 bits per heavy atom. The lowest BCUT2D eigenvalue weighted by atomic mass is 10.3. The van der Waals surface area contributed by atoms with Crippen LogP contribution in [0, 0.1) is 0 Å². The molecule has 2 heterocycles. The van der Waals surface area contributed by atoms with Crippen molar-refractivity contribution in [2.24, 2.45) is 0 Å². The maximum atomic E-state index is 13.0. The van der Waals surface area contributed by atoms with Gasteiger partial charge in [0.25, 0.3) is 5.56 Å². The van der Waals surface area contributed by atoms with Crippen LogP contribution in [0.4, 0.5) is 10.8 Å². The summed E-state index contributed by atoms with van der Waals surface area (Å²) in [6.07, 6.45) is 1.64. The highest BCUT2D eigenvalue weighted by Crippen LogP contribution is 2.27. The number of thiazole rings is 1. The van der Waals surface area contributed by atoms with Gasteiger partial charge in [-0.05, 0) is 38.1 Å². The first-order chi connectivity index (χ1) is 15.0. The Labute approximate surface area is 189 Å². The Hall–Kier alpha value is -2.85. The normalized spacial score (nSPS) is 10.8. The SMILES string of the molecule is C=CCn1c(SCC(=O)Nc2ccc(OC)cc2)nc2nc(N(CC)CC)sc2c1=O. The zero-order chi connectivity index (χ0) is 22.4. The maximum Gasteiger partial charge on any atom is 0.274 e. The van der Waals surface area contributed by atoms with Gasteiger partial charge in [0, 0.05) is 25.3 Å². The molecule has 0 atom stereocenters. The molecule has 0 spiro atoms. The van der Waals surface area contributed by atoms with Crippen molar-refractivity contribution in [2.45, 2.75) is 25.5 Å². The number of nitrogens with zero attached hydrogens (tertiary/aromatic N) is 4. The van der Waals surface area contributed by atoms with Crippen LogP contribution in [0.15, 0.2) is 46.9 Å². The van der Waals surface area contributed by atoms with Crippen LogP contribution < -0.4 is 20.5 Å². The number of ether oxygens (including phenoxy) is 1. The number of hydrogen-bond acceptors (Lipinski definition) is 8. The van der Waals surface area contributed by atoms with Crippen molar-refractivity contribution in [1.82, 2.24) is 14.5 Å². The average Bonchev–Trinajstić information content (AvgIpc) is 3.20. The van der Waals surface area contributed by atoms with Crippen LogP contribution in [0.2, 0.25) is 0 Å². The standard InChI is InChI=1S/C21H25N5O3S2/c1-5-12-26-19(28)17-18(23-20(31-17)25(6-2)7-3)24-21(26)30-13-16(27)22-14-8-10-15(29-4)11-9-14/h5,8-11H,1,6-7,12-13H2,2-4H3,(H,22,27). The summed E-state index contributed by atoms with van der Waals surface area (Å²) in [6.45, 7) is 9.72. The minimum atomic E-state index is -0.197. The van der Waals surface area contributed by atoms with Gasteiger partial charge < -0.3 is 15.0 Å². The van der Waals surface area contributed by atoms with E-state index >= 15 is 0 Å². The molecule has 1 N–H and O–H groups in total. The van der Waals surface area contributed by atoms with E-state index < -0.39 is 0 Å². The Balaban J connectivity index is 1.82. The number of carbonyl (C=O) groups is 1. The first kappa shape index (κ1) is 22.8. The number of aromatic nitrogens is 3. The lowest BCUT2D eigenvalue weighted by molar-refractivity contribution is -0.113. The molecular formula is C21H25N5O3S2. The topological polar surface area (TPSA) is 89.3 Å². The smallest absolute Gasteiger partial charge is 0.274 e. The van der Waals surface area contributed by atoms with E-state index in [1.807, 2.05) is 13.8 Å². The summed E-state index contributed by atoms with van der Waals surface area (Å²) in [5.41, 5.74) is 0.913. The number of nitrogens with one attached hydrogen (secondary N) is 1. The molecule has 0 unspecified atom stereocenters. The van der Waals surface area contributed by atoms with Crippen LogP contribution in [0.1, 0.15) is 13.8 Å². The summed E-state index contributed by atoms with van der Waals surface area (Å²) in [4.78, 5) is 36.7. The van der Waals surface area contributed by atoms with Crippen molar-refractivity contribution in [3.8, 4) is 5.75 Å². The molecule has 0 aliphatic rings. The van der Waals surface area contributed by atoms with Gasteiger partial charge in [-0.25, -0.2) is 4.98 Å². The number of fused-ring (bicyclic) bond motifs is 1. The Morgan fingerprint density at radius 2 is 2.00 bits per heavy atom. The molecule has 8 nitrogen and oxygen atoms in total. The van der Waals surface area contributed by atoms with Crippen LogP contribution in [-0.2, 0) is 11.3 Å². The zero-order valence-corrected chi connectivity index (χ0v) is 19.4. The minimum Gasteiger partial charge on any atom is -0.497 e. The molecule has 3 rings (SSSR count). The summed E-state index contributed by atoms with van der Waals surface area (Å²) in [6, 6.07) is 7.08. The average molecular weight is 460 g/mol. The molecule has 0 radical (unpaired) electrons. The molecule has 0 saturated carbocycles. The summed E-state index contributed by atoms with van der Waals surface area (Å²) in [5, 5.41) is 4.05. The molecule has 0 saturated heterocycles. The fraction of sp³-hybridized carbons (Fsp3) is 0.333. The predicted octanol–water partition coefficient (Wildman–Crippen LogP) is 3.62. The predicted molar refractivity (Wildman–Crippen MR) is 128 cm³/mol. The fourth-order valence-corrected chi connectivity index (χ4v) is 4.79. The van der Waals surface area contributed by atoms with Gasteiger partial charge in [0.2, 0.25) is 5.91 Å². The van der Waals surface area contributed by atoms with Crippen molar-refractivity contribution in [2.75, 3.05) is 36.2 Å². The first-order valence-electron chi connectivity index (χ1n) is 9.84. The third-order valence-electron chi connectivity index (χ3n) is 4.52. The Morgan fingerprint density at radius 1 is 1.29 bits per heavy atom. The van der Waals surface area contributed by atoms with E-state index in [9.17, 15) is 9.59 Å². The van der Waals surface area contributed by atoms with E-state index in [0.29, 0.717) is 33.5 Å². The van der Waals surface area contributed by atoms with Crippen LogP contribution in [0.25, 0.3) is 10.3 Å². The van der Waals surface area contributed by atoms with Crippen molar-refractivity contribution < 1.29 is 9.53 Å². The van der Waals surface area contributed by atoms with Gasteiger partial charge in [-0.2, -0.15) is 4.98 Å². The molecular weight excluding hydrogens is 434 g/mol. The van der Waals surface area contributed by atoms with Gasteiger partial charge in [0.15, 0.2) is 15.9 Å². The summed E-state index contributed by atoms with van der Waals surface area (Å²) in [7, 11) is 1.59. The third-order valence-corrected chi connectivity index (χ3v) is 6.59. The first-order valence-corrected chi connectivity index (χ1v) is 11.6. The van der Waals surface area contributed by atoms with Gasteiger partial charge >= 0.3 is 0 Å². The van der Waals surface area contributed by atoms with Crippen molar-refractivity contribution >= 4 is 50.2 Å². The molecule has 10 heteroatoms. The van der Waals surface area contributed by atoms with Gasteiger partial charge in [-0.1, -0.05) is 29.2 Å². The summed E-state index contributed by atoms with van der Waals surface area (Å²) >= 11 is 2.54. The second-order valence-electron chi connectivity index (χ2n) is 6.49. The molecule has 1 aromatic carbocycles. The second-order valence-corrected chi connectivity index (χ2v) is 8.41. The van der Waals surface area contributed by atoms with E-state index in [2.05, 4.69) is 26.8 Å². The number of allylic oxidation sites excluding steroid dienone is 1. The highest BCUT2D eigenvalue weighted by Gasteiger charge is 2.18. The van der Waals surface area contributed by atoms with E-state index in [1.54, 1.807) is 37.5 Å². The molecule has 31 heavy (non-hydrogen) atoms. The largest absolute Gasteiger partial charge is 0.497 e. The van der Waals surface area contributed by atoms with Crippen LogP contribution in [0.3, 0.4) is 0 Å². The highest BCUT2D eigenvalue weighted by atomic mass is 32.2. The molecule has 0 aliphatic heterocycles. The van der Waals surface area contributed by atoms with E-state index in [0.717, 1.165) is 18.2 Å². The number of anilines is 2. The van der Waals surface area contributed by atoms with Crippen molar-refractivity contribution in [1.29, 1.82) is 0 Å². The minimum absolute atomic E-state index is 0.105. The molecule has 0 fully saturated rings. The van der Waals surface area contributed by atoms with Crippen molar-refractivity contribution in [3.05, 3.63) is 47.3 Å². The molecule has 1 amide bonds. The highest BCUT2D eigenvalue weighted by molar-refractivity contribution is 7.99. The lowest BCUT2D eigenvalue weighted by Gasteiger charge is -2.15. The summed E-state index contributed by atoms with van der Waals surface area (Å²) in [5.74, 6) is 0.621. The molecule has 2 aromatic heterocycles. The molecule has 164 valence electrons. The Kier molecular flexibility index (Phi) is 7.69. The molecule has 0 aliphatic carbocycles. The van der Waals surface area contributed by atoms with E-state index in [1.165, 1.54) is 27.7 Å². The number of carbonyl (C=O) groups excluding carboxylic acids is 1. The fourth-order valence-electron chi connectivity index (χ4n) is 2.91. The number of hydrogen-bond donors (Lipinski definition) is 1. The monoisotopic (exact) mass is 459 g/mol. The summed E-state index contributed by atoms with van der Waals surface area (Å²) < 4.78 is 7.16. The molecule has 3 aromatic rings. The van der Waals surface area contributed by atoms with E-state index in [-0.39, 0.29) is 17.2 Å². The van der Waals surface area contributed by atoms with Crippen LogP contribution in [0.5, 0.6) is 5.75 Å². The van der Waals surface area contributed by atoms with Crippen molar-refractivity contribution in [3.63, 3.8) is 0 Å².